The molecule has 1 N–H and O–H groups in total. The molecule has 1 aliphatic rings. The summed E-state index contributed by atoms with van der Waals surface area (Å²) in [5.74, 6) is -0.0457. The Morgan fingerprint density at radius 3 is 2.78 bits per heavy atom. The van der Waals surface area contributed by atoms with E-state index in [-0.39, 0.29) is 5.56 Å². The third-order valence-corrected chi connectivity index (χ3v) is 6.40. The van der Waals surface area contributed by atoms with Gasteiger partial charge in [-0.25, -0.2) is 0 Å². The number of hydrogen-bond acceptors (Lipinski definition) is 5. The zero-order chi connectivity index (χ0) is 25.7. The number of nitrogens with zero attached hydrogens (tertiary/aromatic N) is 3. The average Bonchev–Trinajstić information content (AvgIpc) is 3.01. The van der Waals surface area contributed by atoms with Crippen molar-refractivity contribution >= 4 is 27.5 Å². The van der Waals surface area contributed by atoms with E-state index in [0.717, 1.165) is 55.0 Å². The van der Waals surface area contributed by atoms with Crippen LogP contribution in [-0.2, 0) is 18.0 Å². The van der Waals surface area contributed by atoms with E-state index >= 15 is 0 Å². The van der Waals surface area contributed by atoms with Gasteiger partial charge in [-0.3, -0.25) is 14.4 Å². The summed E-state index contributed by atoms with van der Waals surface area (Å²) in [6.45, 7) is 4.47. The Bertz CT molecular complexity index is 1190. The zero-order valence-electron chi connectivity index (χ0n) is 19.6. The van der Waals surface area contributed by atoms with E-state index in [0.29, 0.717) is 30.2 Å². The van der Waals surface area contributed by atoms with Crippen molar-refractivity contribution < 1.29 is 27.4 Å². The molecule has 11 heteroatoms. The number of aryl methyl sites for hydroxylation is 1. The van der Waals surface area contributed by atoms with Crippen molar-refractivity contribution in [2.24, 2.45) is 7.05 Å². The molecule has 3 aromatic rings. The molecule has 7 nitrogen and oxygen atoms in total. The molecule has 1 saturated heterocycles. The first kappa shape index (κ1) is 26.2. The molecule has 0 aliphatic carbocycles. The highest BCUT2D eigenvalue weighted by atomic mass is 79.9. The SMILES string of the molecule is Cn1ncc(Br)c1-c1cc(NC(=O)c2cccc(C(F)(F)F)c2)ccc1OCCN1CCCOCC1. The molecule has 1 amide bonds. The maximum Gasteiger partial charge on any atom is 0.416 e. The van der Waals surface area contributed by atoms with Gasteiger partial charge in [-0.05, 0) is 58.7 Å². The second kappa shape index (κ2) is 11.4. The lowest BCUT2D eigenvalue weighted by atomic mass is 10.1. The predicted molar refractivity (Wildman–Crippen MR) is 133 cm³/mol. The number of anilines is 1. The lowest BCUT2D eigenvalue weighted by molar-refractivity contribution is -0.137. The van der Waals surface area contributed by atoms with Gasteiger partial charge in [0.1, 0.15) is 12.4 Å². The van der Waals surface area contributed by atoms with Crippen LogP contribution in [0, 0.1) is 0 Å². The first-order chi connectivity index (χ1) is 17.2. The molecule has 0 spiro atoms. The minimum Gasteiger partial charge on any atom is -0.492 e. The molecule has 1 aliphatic heterocycles. The molecule has 0 saturated carbocycles. The highest BCUT2D eigenvalue weighted by Gasteiger charge is 2.31. The number of carbonyl (C=O) groups excluding carboxylic acids is 1. The second-order valence-electron chi connectivity index (χ2n) is 8.36. The van der Waals surface area contributed by atoms with Gasteiger partial charge in [-0.15, -0.1) is 0 Å². The third-order valence-electron chi connectivity index (χ3n) is 5.82. The van der Waals surface area contributed by atoms with Crippen LogP contribution >= 0.6 is 15.9 Å². The summed E-state index contributed by atoms with van der Waals surface area (Å²) < 4.78 is 53.2. The Morgan fingerprint density at radius 2 is 2.03 bits per heavy atom. The van der Waals surface area contributed by atoms with Crippen LogP contribution in [0.3, 0.4) is 0 Å². The quantitative estimate of drug-likeness (QED) is 0.424. The van der Waals surface area contributed by atoms with Crippen LogP contribution in [0.1, 0.15) is 22.3 Å². The van der Waals surface area contributed by atoms with Gasteiger partial charge in [0.05, 0.1) is 28.5 Å². The highest BCUT2D eigenvalue weighted by Crippen LogP contribution is 2.37. The van der Waals surface area contributed by atoms with Crippen LogP contribution in [0.2, 0.25) is 0 Å². The number of amides is 1. The lowest BCUT2D eigenvalue weighted by Crippen LogP contribution is -2.30. The van der Waals surface area contributed by atoms with Crippen LogP contribution in [0.25, 0.3) is 11.3 Å². The fraction of sp³-hybridized carbons (Fsp3) is 0.360. The summed E-state index contributed by atoms with van der Waals surface area (Å²) in [7, 11) is 1.79. The summed E-state index contributed by atoms with van der Waals surface area (Å²) in [6, 6.07) is 9.44. The molecule has 192 valence electrons. The first-order valence-electron chi connectivity index (χ1n) is 11.5. The van der Waals surface area contributed by atoms with E-state index < -0.39 is 17.6 Å². The van der Waals surface area contributed by atoms with Gasteiger partial charge in [-0.2, -0.15) is 18.3 Å². The number of carbonyl (C=O) groups is 1. The highest BCUT2D eigenvalue weighted by molar-refractivity contribution is 9.10. The van der Waals surface area contributed by atoms with Gasteiger partial charge in [-0.1, -0.05) is 6.07 Å². The van der Waals surface area contributed by atoms with E-state index in [2.05, 4.69) is 31.2 Å². The number of halogens is 4. The number of nitrogens with one attached hydrogen (secondary N) is 1. The smallest absolute Gasteiger partial charge is 0.416 e. The van der Waals surface area contributed by atoms with Gasteiger partial charge >= 0.3 is 6.18 Å². The summed E-state index contributed by atoms with van der Waals surface area (Å²) in [6.07, 6.45) is -1.90. The number of hydrogen-bond donors (Lipinski definition) is 1. The van der Waals surface area contributed by atoms with Crippen molar-refractivity contribution in [3.8, 4) is 17.0 Å². The zero-order valence-corrected chi connectivity index (χ0v) is 21.2. The summed E-state index contributed by atoms with van der Waals surface area (Å²) >= 11 is 3.51. The molecule has 1 aromatic heterocycles. The monoisotopic (exact) mass is 566 g/mol. The molecule has 36 heavy (non-hydrogen) atoms. The van der Waals surface area contributed by atoms with Crippen molar-refractivity contribution in [2.75, 3.05) is 44.8 Å². The van der Waals surface area contributed by atoms with Crippen LogP contribution in [0.15, 0.2) is 53.1 Å². The molecule has 0 radical (unpaired) electrons. The van der Waals surface area contributed by atoms with Crippen molar-refractivity contribution in [2.45, 2.75) is 12.6 Å². The Balaban J connectivity index is 1.55. The van der Waals surface area contributed by atoms with Gasteiger partial charge in [0, 0.05) is 50.1 Å². The summed E-state index contributed by atoms with van der Waals surface area (Å²) in [5.41, 5.74) is 0.869. The maximum absolute atomic E-state index is 13.1. The lowest BCUT2D eigenvalue weighted by Gasteiger charge is -2.20. The largest absolute Gasteiger partial charge is 0.492 e. The number of rotatable bonds is 7. The molecule has 2 heterocycles. The minimum atomic E-state index is -4.53. The van der Waals surface area contributed by atoms with Crippen molar-refractivity contribution in [3.05, 3.63) is 64.3 Å². The second-order valence-corrected chi connectivity index (χ2v) is 9.22. The number of ether oxygens (including phenoxy) is 2. The van der Waals surface area contributed by atoms with Crippen molar-refractivity contribution in [3.63, 3.8) is 0 Å². The maximum atomic E-state index is 13.1. The Kier molecular flexibility index (Phi) is 8.32. The predicted octanol–water partition coefficient (Wildman–Crippen LogP) is 5.22. The topological polar surface area (TPSA) is 68.6 Å². The third kappa shape index (κ3) is 6.45. The van der Waals surface area contributed by atoms with Crippen LogP contribution in [0.5, 0.6) is 5.75 Å². The molecule has 0 atom stereocenters. The van der Waals surface area contributed by atoms with Gasteiger partial charge < -0.3 is 14.8 Å². The van der Waals surface area contributed by atoms with Crippen LogP contribution in [-0.4, -0.2) is 60.0 Å². The Hall–Kier alpha value is -2.89. The minimum absolute atomic E-state index is 0.0881. The van der Waals surface area contributed by atoms with E-state index in [1.165, 1.54) is 12.1 Å². The van der Waals surface area contributed by atoms with Gasteiger partial charge in [0.25, 0.3) is 5.91 Å². The van der Waals surface area contributed by atoms with E-state index in [1.807, 2.05) is 0 Å². The van der Waals surface area contributed by atoms with E-state index in [4.69, 9.17) is 9.47 Å². The number of aromatic nitrogens is 2. The van der Waals surface area contributed by atoms with Crippen molar-refractivity contribution in [1.29, 1.82) is 0 Å². The molecule has 4 rings (SSSR count). The summed E-state index contributed by atoms with van der Waals surface area (Å²) in [4.78, 5) is 15.0. The fourth-order valence-electron chi connectivity index (χ4n) is 3.98. The van der Waals surface area contributed by atoms with Crippen LogP contribution < -0.4 is 10.1 Å². The average molecular weight is 567 g/mol. The number of benzene rings is 2. The first-order valence-corrected chi connectivity index (χ1v) is 12.2. The molecule has 0 bridgehead atoms. The molecule has 0 unspecified atom stereocenters. The van der Waals surface area contributed by atoms with E-state index in [9.17, 15) is 18.0 Å². The molecular formula is C25H26BrF3N4O3. The molecular weight excluding hydrogens is 541 g/mol. The van der Waals surface area contributed by atoms with Gasteiger partial charge in [0.15, 0.2) is 0 Å². The summed E-state index contributed by atoms with van der Waals surface area (Å²) in [5, 5.41) is 6.96. The molecule has 1 fully saturated rings. The Labute approximate surface area is 215 Å². The molecule has 2 aromatic carbocycles. The normalized spacial score (nSPS) is 14.9. The van der Waals surface area contributed by atoms with E-state index in [1.54, 1.807) is 36.1 Å². The van der Waals surface area contributed by atoms with Gasteiger partial charge in [0.2, 0.25) is 0 Å². The van der Waals surface area contributed by atoms with Crippen molar-refractivity contribution in [1.82, 2.24) is 14.7 Å². The number of alkyl halides is 3. The Morgan fingerprint density at radius 1 is 1.19 bits per heavy atom. The fourth-order valence-corrected chi connectivity index (χ4v) is 4.54. The standard InChI is InChI=1S/C25H26BrF3N4O3/c1-32-23(21(26)16-30-32)20-15-19(31-24(34)17-4-2-5-18(14-17)25(27,28)29)6-7-22(20)36-13-10-33-8-3-11-35-12-9-33/h2,4-7,14-16H,3,8-13H2,1H3,(H,31,34). The van der Waals surface area contributed by atoms with Crippen LogP contribution in [0.4, 0.5) is 18.9 Å².